The summed E-state index contributed by atoms with van der Waals surface area (Å²) in [6.07, 6.45) is 3.59. The Morgan fingerprint density at radius 3 is 2.74 bits per heavy atom. The van der Waals surface area contributed by atoms with Gasteiger partial charge in [-0.25, -0.2) is 0 Å². The Morgan fingerprint density at radius 2 is 2.06 bits per heavy atom. The number of carbonyl (C=O) groups is 3. The summed E-state index contributed by atoms with van der Waals surface area (Å²) in [4.78, 5) is 40.2. The Kier molecular flexibility index (Phi) is 6.36. The van der Waals surface area contributed by atoms with Crippen LogP contribution >= 0.6 is 39.0 Å². The third kappa shape index (κ3) is 4.63. The number of rotatable bonds is 6. The number of hydrogen-bond acceptors (Lipinski definition) is 5. The zero-order chi connectivity index (χ0) is 22.1. The summed E-state index contributed by atoms with van der Waals surface area (Å²) >= 11 is 6.04. The van der Waals surface area contributed by atoms with Gasteiger partial charge >= 0.3 is 0 Å². The summed E-state index contributed by atoms with van der Waals surface area (Å²) in [7, 11) is 0. The van der Waals surface area contributed by atoms with Crippen LogP contribution in [0.25, 0.3) is 17.0 Å². The molecule has 0 radical (unpaired) electrons. The molecule has 1 aliphatic heterocycles. The highest BCUT2D eigenvalue weighted by Crippen LogP contribution is 2.35. The molecule has 1 aromatic carbocycles. The monoisotopic (exact) mass is 517 g/mol. The molecule has 9 heteroatoms. The molecule has 0 atom stereocenters. The molecule has 1 N–H and O–H groups in total. The molecule has 31 heavy (non-hydrogen) atoms. The second kappa shape index (κ2) is 9.02. The molecule has 0 saturated carbocycles. The predicted octanol–water partition coefficient (Wildman–Crippen LogP) is 5.23. The molecule has 3 heterocycles. The van der Waals surface area contributed by atoms with E-state index < -0.39 is 0 Å². The van der Waals surface area contributed by atoms with Gasteiger partial charge in [-0.15, -0.1) is 11.3 Å². The fourth-order valence-corrected chi connectivity index (χ4v) is 5.38. The highest BCUT2D eigenvalue weighted by Gasteiger charge is 2.36. The lowest BCUT2D eigenvalue weighted by Gasteiger charge is -2.16. The van der Waals surface area contributed by atoms with Crippen LogP contribution in [-0.4, -0.2) is 32.6 Å². The quantitative estimate of drug-likeness (QED) is 0.454. The molecule has 160 valence electrons. The van der Waals surface area contributed by atoms with E-state index in [1.165, 1.54) is 4.90 Å². The van der Waals surface area contributed by atoms with E-state index in [2.05, 4.69) is 21.2 Å². The standard InChI is InChI=1S/C22H20BrN3O3S2/c1-13(2)26-21(28)19(31-22(26)29)8-14-11-25(18-6-5-15(23)9-17(14)18)12-20(27)24-10-16-4-3-7-30-16/h3-9,11,13H,10,12H2,1-2H3,(H,24,27)/b19-8-. The predicted molar refractivity (Wildman–Crippen MR) is 129 cm³/mol. The minimum atomic E-state index is -0.283. The largest absolute Gasteiger partial charge is 0.350 e. The van der Waals surface area contributed by atoms with Crippen LogP contribution < -0.4 is 5.32 Å². The smallest absolute Gasteiger partial charge is 0.293 e. The van der Waals surface area contributed by atoms with Crippen molar-refractivity contribution in [3.05, 3.63) is 61.7 Å². The maximum atomic E-state index is 12.7. The first-order valence-electron chi connectivity index (χ1n) is 9.68. The average molecular weight is 518 g/mol. The van der Waals surface area contributed by atoms with Crippen molar-refractivity contribution in [2.45, 2.75) is 33.0 Å². The Labute approximate surface area is 196 Å². The van der Waals surface area contributed by atoms with Crippen molar-refractivity contribution in [3.63, 3.8) is 0 Å². The summed E-state index contributed by atoms with van der Waals surface area (Å²) < 4.78 is 2.76. The Balaban J connectivity index is 1.63. The Hall–Kier alpha value is -2.36. The van der Waals surface area contributed by atoms with E-state index in [9.17, 15) is 14.4 Å². The highest BCUT2D eigenvalue weighted by molar-refractivity contribution is 9.10. The van der Waals surface area contributed by atoms with Crippen molar-refractivity contribution in [3.8, 4) is 0 Å². The first kappa shape index (κ1) is 21.9. The van der Waals surface area contributed by atoms with Gasteiger partial charge in [0.05, 0.1) is 11.4 Å². The van der Waals surface area contributed by atoms with E-state index in [0.717, 1.165) is 37.6 Å². The maximum Gasteiger partial charge on any atom is 0.293 e. The molecule has 1 saturated heterocycles. The molecule has 3 amide bonds. The number of hydrogen-bond donors (Lipinski definition) is 1. The van der Waals surface area contributed by atoms with Crippen LogP contribution in [0.1, 0.15) is 24.3 Å². The molecule has 6 nitrogen and oxygen atoms in total. The van der Waals surface area contributed by atoms with E-state index in [1.54, 1.807) is 17.4 Å². The van der Waals surface area contributed by atoms with E-state index in [1.807, 2.05) is 60.3 Å². The van der Waals surface area contributed by atoms with Gasteiger partial charge in [-0.05, 0) is 61.3 Å². The fourth-order valence-electron chi connectivity index (χ4n) is 3.42. The zero-order valence-corrected chi connectivity index (χ0v) is 20.1. The van der Waals surface area contributed by atoms with Gasteiger partial charge in [0.25, 0.3) is 11.1 Å². The molecule has 1 fully saturated rings. The van der Waals surface area contributed by atoms with Crippen molar-refractivity contribution in [1.82, 2.24) is 14.8 Å². The fraction of sp³-hybridized carbons (Fsp3) is 0.227. The number of nitrogens with one attached hydrogen (secondary N) is 1. The van der Waals surface area contributed by atoms with Gasteiger partial charge in [0.15, 0.2) is 0 Å². The molecule has 0 unspecified atom stereocenters. The first-order valence-corrected chi connectivity index (χ1v) is 12.2. The summed E-state index contributed by atoms with van der Waals surface area (Å²) in [6.45, 7) is 4.29. The molecule has 1 aliphatic rings. The van der Waals surface area contributed by atoms with Gasteiger partial charge in [0.2, 0.25) is 5.91 Å². The summed E-state index contributed by atoms with van der Waals surface area (Å²) in [5.41, 5.74) is 1.67. The van der Waals surface area contributed by atoms with E-state index in [0.29, 0.717) is 11.4 Å². The van der Waals surface area contributed by atoms with E-state index in [-0.39, 0.29) is 29.6 Å². The lowest BCUT2D eigenvalue weighted by molar-refractivity contribution is -0.124. The maximum absolute atomic E-state index is 12.7. The minimum Gasteiger partial charge on any atom is -0.350 e. The zero-order valence-electron chi connectivity index (χ0n) is 16.9. The molecule has 0 aliphatic carbocycles. The summed E-state index contributed by atoms with van der Waals surface area (Å²) in [5, 5.41) is 5.56. The number of thiophene rings is 1. The second-order valence-electron chi connectivity index (χ2n) is 7.38. The number of imide groups is 1. The minimum absolute atomic E-state index is 0.0973. The third-order valence-electron chi connectivity index (χ3n) is 4.85. The van der Waals surface area contributed by atoms with Crippen molar-refractivity contribution < 1.29 is 14.4 Å². The van der Waals surface area contributed by atoms with E-state index >= 15 is 0 Å². The van der Waals surface area contributed by atoms with Crippen LogP contribution in [0, 0.1) is 0 Å². The van der Waals surface area contributed by atoms with Gasteiger partial charge in [0.1, 0.15) is 6.54 Å². The van der Waals surface area contributed by atoms with Crippen molar-refractivity contribution in [1.29, 1.82) is 0 Å². The number of fused-ring (bicyclic) bond motifs is 1. The third-order valence-corrected chi connectivity index (χ3v) is 7.11. The van der Waals surface area contributed by atoms with Gasteiger partial charge < -0.3 is 9.88 Å². The van der Waals surface area contributed by atoms with Gasteiger partial charge in [-0.1, -0.05) is 22.0 Å². The van der Waals surface area contributed by atoms with Crippen LogP contribution in [0.2, 0.25) is 0 Å². The topological polar surface area (TPSA) is 71.4 Å². The van der Waals surface area contributed by atoms with Crippen LogP contribution in [0.4, 0.5) is 4.79 Å². The van der Waals surface area contributed by atoms with Crippen LogP contribution in [0.15, 0.2) is 51.3 Å². The lowest BCUT2D eigenvalue weighted by atomic mass is 10.1. The highest BCUT2D eigenvalue weighted by atomic mass is 79.9. The molecule has 0 spiro atoms. The van der Waals surface area contributed by atoms with Crippen molar-refractivity contribution in [2.75, 3.05) is 0 Å². The average Bonchev–Trinajstić information content (AvgIpc) is 3.40. The van der Waals surface area contributed by atoms with Crippen LogP contribution in [0.3, 0.4) is 0 Å². The first-order chi connectivity index (χ1) is 14.8. The number of halogens is 1. The van der Waals surface area contributed by atoms with E-state index in [4.69, 9.17) is 0 Å². The number of benzene rings is 1. The Morgan fingerprint density at radius 1 is 1.26 bits per heavy atom. The molecular formula is C22H20BrN3O3S2. The number of aromatic nitrogens is 1. The van der Waals surface area contributed by atoms with Crippen molar-refractivity contribution in [2.24, 2.45) is 0 Å². The number of amides is 3. The molecule has 2 aromatic heterocycles. The normalized spacial score (nSPS) is 15.6. The molecule has 4 rings (SSSR count). The van der Waals surface area contributed by atoms with Crippen LogP contribution in [-0.2, 0) is 22.7 Å². The summed E-state index contributed by atoms with van der Waals surface area (Å²) in [5.74, 6) is -0.380. The number of nitrogens with zero attached hydrogens (tertiary/aromatic N) is 2. The SMILES string of the molecule is CC(C)N1C(=O)S/C(=C\c2cn(CC(=O)NCc3cccs3)c3ccc(Br)cc23)C1=O. The lowest BCUT2D eigenvalue weighted by Crippen LogP contribution is -2.34. The molecule has 3 aromatic rings. The van der Waals surface area contributed by atoms with Crippen LogP contribution in [0.5, 0.6) is 0 Å². The van der Waals surface area contributed by atoms with Gasteiger partial charge in [-0.3, -0.25) is 19.3 Å². The Bertz CT molecular complexity index is 1200. The van der Waals surface area contributed by atoms with Gasteiger partial charge in [-0.2, -0.15) is 0 Å². The summed E-state index contributed by atoms with van der Waals surface area (Å²) in [6, 6.07) is 9.54. The molecular weight excluding hydrogens is 498 g/mol. The van der Waals surface area contributed by atoms with Gasteiger partial charge in [0, 0.05) is 38.1 Å². The number of carbonyl (C=O) groups excluding carboxylic acids is 3. The number of thioether (sulfide) groups is 1. The molecule has 0 bridgehead atoms. The van der Waals surface area contributed by atoms with Crippen molar-refractivity contribution >= 4 is 73.1 Å². The second-order valence-corrected chi connectivity index (χ2v) is 10.3.